The van der Waals surface area contributed by atoms with Crippen LogP contribution in [0.3, 0.4) is 0 Å². The lowest BCUT2D eigenvalue weighted by molar-refractivity contribution is 0.0992. The van der Waals surface area contributed by atoms with Crippen LogP contribution in [0.5, 0.6) is 5.75 Å². The van der Waals surface area contributed by atoms with E-state index < -0.39 is 0 Å². The van der Waals surface area contributed by atoms with Crippen LogP contribution in [0.15, 0.2) is 42.5 Å². The highest BCUT2D eigenvalue weighted by molar-refractivity contribution is 6.29. The number of hydrogen-bond acceptors (Lipinski definition) is 3. The molecule has 0 N–H and O–H groups in total. The van der Waals surface area contributed by atoms with Gasteiger partial charge in [0, 0.05) is 11.3 Å². The van der Waals surface area contributed by atoms with E-state index in [0.29, 0.717) is 16.4 Å². The Labute approximate surface area is 110 Å². The molecule has 3 nitrogen and oxygen atoms in total. The Morgan fingerprint density at radius 1 is 1.22 bits per heavy atom. The van der Waals surface area contributed by atoms with Gasteiger partial charge in [0.05, 0.1) is 13.5 Å². The Hall–Kier alpha value is -1.87. The number of rotatable bonds is 4. The highest BCUT2D eigenvalue weighted by Gasteiger charge is 2.08. The first-order valence-corrected chi connectivity index (χ1v) is 5.85. The Morgan fingerprint density at radius 2 is 1.94 bits per heavy atom. The maximum Gasteiger partial charge on any atom is 0.168 e. The topological polar surface area (TPSA) is 39.2 Å². The van der Waals surface area contributed by atoms with Gasteiger partial charge < -0.3 is 4.74 Å². The van der Waals surface area contributed by atoms with E-state index in [-0.39, 0.29) is 12.2 Å². The fourth-order valence-corrected chi connectivity index (χ4v) is 1.77. The predicted molar refractivity (Wildman–Crippen MR) is 70.3 cm³/mol. The Morgan fingerprint density at radius 3 is 2.56 bits per heavy atom. The number of ether oxygens (including phenoxy) is 1. The third-order valence-electron chi connectivity index (χ3n) is 2.53. The molecule has 18 heavy (non-hydrogen) atoms. The molecule has 0 aliphatic carbocycles. The van der Waals surface area contributed by atoms with Crippen LogP contribution >= 0.6 is 11.6 Å². The Kier molecular flexibility index (Phi) is 3.95. The molecule has 92 valence electrons. The normalized spacial score (nSPS) is 10.1. The maximum absolute atomic E-state index is 12.0. The first kappa shape index (κ1) is 12.6. The molecular weight excluding hydrogens is 250 g/mol. The quantitative estimate of drug-likeness (QED) is 0.627. The standard InChI is InChI=1S/C14H12ClNO2/c1-18-12-7-5-10(6-8-12)13(17)9-11-3-2-4-14(15)16-11/h2-8H,9H2,1H3. The summed E-state index contributed by atoms with van der Waals surface area (Å²) in [6.45, 7) is 0. The van der Waals surface area contributed by atoms with E-state index >= 15 is 0 Å². The Bertz CT molecular complexity index is 552. The number of halogens is 1. The number of Topliss-reactive ketones (excluding diaryl/α,β-unsaturated/α-hetero) is 1. The van der Waals surface area contributed by atoms with Crippen molar-refractivity contribution >= 4 is 17.4 Å². The molecule has 2 rings (SSSR count). The summed E-state index contributed by atoms with van der Waals surface area (Å²) in [7, 11) is 1.59. The number of ketones is 1. The molecule has 0 aliphatic rings. The molecule has 0 atom stereocenters. The van der Waals surface area contributed by atoms with Gasteiger partial charge in [-0.3, -0.25) is 4.79 Å². The van der Waals surface area contributed by atoms with Gasteiger partial charge in [0.15, 0.2) is 5.78 Å². The fourth-order valence-electron chi connectivity index (χ4n) is 1.59. The van der Waals surface area contributed by atoms with E-state index in [1.807, 2.05) is 0 Å². The zero-order chi connectivity index (χ0) is 13.0. The smallest absolute Gasteiger partial charge is 0.168 e. The number of aromatic nitrogens is 1. The van der Waals surface area contributed by atoms with Crippen molar-refractivity contribution in [3.05, 3.63) is 58.9 Å². The molecule has 0 fully saturated rings. The van der Waals surface area contributed by atoms with Gasteiger partial charge in [-0.05, 0) is 36.4 Å². The lowest BCUT2D eigenvalue weighted by Crippen LogP contribution is -2.05. The van der Waals surface area contributed by atoms with Crippen molar-refractivity contribution in [2.45, 2.75) is 6.42 Å². The second-order valence-corrected chi connectivity index (χ2v) is 4.17. The molecule has 2 aromatic rings. The first-order valence-electron chi connectivity index (χ1n) is 5.48. The lowest BCUT2D eigenvalue weighted by Gasteiger charge is -2.03. The van der Waals surface area contributed by atoms with Crippen LogP contribution in [0.1, 0.15) is 16.1 Å². The zero-order valence-corrected chi connectivity index (χ0v) is 10.6. The Balaban J connectivity index is 2.11. The summed E-state index contributed by atoms with van der Waals surface area (Å²) in [6, 6.07) is 12.3. The molecule has 0 bridgehead atoms. The number of benzene rings is 1. The molecule has 0 unspecified atom stereocenters. The van der Waals surface area contributed by atoms with Crippen LogP contribution in [-0.4, -0.2) is 17.9 Å². The van der Waals surface area contributed by atoms with E-state index in [2.05, 4.69) is 4.98 Å². The largest absolute Gasteiger partial charge is 0.497 e. The maximum atomic E-state index is 12.0. The molecule has 4 heteroatoms. The van der Waals surface area contributed by atoms with Crippen molar-refractivity contribution in [2.75, 3.05) is 7.11 Å². The predicted octanol–water partition coefficient (Wildman–Crippen LogP) is 3.17. The van der Waals surface area contributed by atoms with Crippen molar-refractivity contribution in [1.29, 1.82) is 0 Å². The minimum atomic E-state index is 0.00687. The highest BCUT2D eigenvalue weighted by Crippen LogP contribution is 2.14. The second-order valence-electron chi connectivity index (χ2n) is 3.78. The molecule has 1 aromatic carbocycles. The van der Waals surface area contributed by atoms with Crippen LogP contribution in [0.2, 0.25) is 5.15 Å². The average molecular weight is 262 g/mol. The summed E-state index contributed by atoms with van der Waals surface area (Å²) in [4.78, 5) is 16.1. The fraction of sp³-hybridized carbons (Fsp3) is 0.143. The summed E-state index contributed by atoms with van der Waals surface area (Å²) in [5.74, 6) is 0.736. The summed E-state index contributed by atoms with van der Waals surface area (Å²) in [5, 5.41) is 0.398. The van der Waals surface area contributed by atoms with Crippen molar-refractivity contribution in [2.24, 2.45) is 0 Å². The summed E-state index contributed by atoms with van der Waals surface area (Å²) >= 11 is 5.77. The first-order chi connectivity index (χ1) is 8.69. The number of methoxy groups -OCH3 is 1. The van der Waals surface area contributed by atoms with E-state index in [1.165, 1.54) is 0 Å². The van der Waals surface area contributed by atoms with E-state index in [4.69, 9.17) is 16.3 Å². The van der Waals surface area contributed by atoms with Crippen molar-refractivity contribution < 1.29 is 9.53 Å². The molecule has 0 spiro atoms. The molecule has 1 heterocycles. The van der Waals surface area contributed by atoms with Crippen molar-refractivity contribution in [3.63, 3.8) is 0 Å². The van der Waals surface area contributed by atoms with E-state index in [1.54, 1.807) is 49.6 Å². The number of carbonyl (C=O) groups is 1. The highest BCUT2D eigenvalue weighted by atomic mass is 35.5. The molecular formula is C14H12ClNO2. The molecule has 1 aromatic heterocycles. The minimum absolute atomic E-state index is 0.00687. The van der Waals surface area contributed by atoms with Crippen molar-refractivity contribution in [1.82, 2.24) is 4.98 Å². The van der Waals surface area contributed by atoms with Gasteiger partial charge in [-0.2, -0.15) is 0 Å². The third-order valence-corrected chi connectivity index (χ3v) is 2.74. The average Bonchev–Trinajstić information content (AvgIpc) is 2.39. The van der Waals surface area contributed by atoms with Gasteiger partial charge in [0.2, 0.25) is 0 Å². The number of carbonyl (C=O) groups excluding carboxylic acids is 1. The van der Waals surface area contributed by atoms with Crippen LogP contribution in [-0.2, 0) is 6.42 Å². The van der Waals surface area contributed by atoms with Crippen LogP contribution in [0.25, 0.3) is 0 Å². The van der Waals surface area contributed by atoms with Gasteiger partial charge in [-0.1, -0.05) is 17.7 Å². The number of hydrogen-bond donors (Lipinski definition) is 0. The van der Waals surface area contributed by atoms with Gasteiger partial charge in [0.1, 0.15) is 10.9 Å². The molecule has 0 aliphatic heterocycles. The number of pyridine rings is 1. The SMILES string of the molecule is COc1ccc(C(=O)Cc2cccc(Cl)n2)cc1. The van der Waals surface area contributed by atoms with Crippen LogP contribution < -0.4 is 4.74 Å². The van der Waals surface area contributed by atoms with Gasteiger partial charge in [-0.15, -0.1) is 0 Å². The minimum Gasteiger partial charge on any atom is -0.497 e. The van der Waals surface area contributed by atoms with Crippen LogP contribution in [0, 0.1) is 0 Å². The van der Waals surface area contributed by atoms with Crippen molar-refractivity contribution in [3.8, 4) is 5.75 Å². The monoisotopic (exact) mass is 261 g/mol. The molecule has 0 saturated heterocycles. The van der Waals surface area contributed by atoms with E-state index in [9.17, 15) is 4.79 Å². The third kappa shape index (κ3) is 3.08. The zero-order valence-electron chi connectivity index (χ0n) is 9.89. The lowest BCUT2D eigenvalue weighted by atomic mass is 10.1. The molecule has 0 amide bonds. The van der Waals surface area contributed by atoms with Gasteiger partial charge >= 0.3 is 0 Å². The molecule has 0 radical (unpaired) electrons. The summed E-state index contributed by atoms with van der Waals surface area (Å²) in [6.07, 6.45) is 0.243. The van der Waals surface area contributed by atoms with Gasteiger partial charge in [0.25, 0.3) is 0 Å². The van der Waals surface area contributed by atoms with E-state index in [0.717, 1.165) is 5.75 Å². The molecule has 0 saturated carbocycles. The number of nitrogens with zero attached hydrogens (tertiary/aromatic N) is 1. The summed E-state index contributed by atoms with van der Waals surface area (Å²) in [5.41, 5.74) is 1.31. The van der Waals surface area contributed by atoms with Crippen LogP contribution in [0.4, 0.5) is 0 Å². The summed E-state index contributed by atoms with van der Waals surface area (Å²) < 4.78 is 5.04. The second kappa shape index (κ2) is 5.65. The van der Waals surface area contributed by atoms with Gasteiger partial charge in [-0.25, -0.2) is 4.98 Å².